The van der Waals surface area contributed by atoms with Gasteiger partial charge >= 0.3 is 12.2 Å². The maximum absolute atomic E-state index is 12.3. The van der Waals surface area contributed by atoms with Crippen molar-refractivity contribution >= 4 is 29.5 Å². The van der Waals surface area contributed by atoms with Crippen LogP contribution in [0.5, 0.6) is 0 Å². The molecule has 2 aliphatic rings. The third kappa shape index (κ3) is 6.54. The van der Waals surface area contributed by atoms with Crippen LogP contribution < -0.4 is 10.6 Å². The van der Waals surface area contributed by atoms with Gasteiger partial charge in [0.15, 0.2) is 5.11 Å². The molecule has 2 amide bonds. The number of nitrogens with zero attached hydrogens (tertiary/aromatic N) is 2. The third-order valence-corrected chi connectivity index (χ3v) is 4.38. The second-order valence-corrected chi connectivity index (χ2v) is 9.36. The van der Waals surface area contributed by atoms with E-state index in [0.29, 0.717) is 24.7 Å². The molecule has 2 N–H and O–H groups in total. The normalized spacial score (nSPS) is 19.1. The van der Waals surface area contributed by atoms with Crippen LogP contribution in [0.4, 0.5) is 9.59 Å². The molecule has 9 heteroatoms. The zero-order valence-electron chi connectivity index (χ0n) is 17.6. The van der Waals surface area contributed by atoms with Crippen molar-refractivity contribution in [3.63, 3.8) is 0 Å². The van der Waals surface area contributed by atoms with Crippen LogP contribution in [0.25, 0.3) is 0 Å². The number of hydrogen-bond acceptors (Lipinski definition) is 5. The summed E-state index contributed by atoms with van der Waals surface area (Å²) in [6.45, 7) is 12.5. The predicted molar refractivity (Wildman–Crippen MR) is 111 cm³/mol. The van der Waals surface area contributed by atoms with Gasteiger partial charge in [-0.2, -0.15) is 0 Å². The number of carbonyl (C=O) groups is 2. The van der Waals surface area contributed by atoms with E-state index in [4.69, 9.17) is 21.7 Å². The van der Waals surface area contributed by atoms with E-state index < -0.39 is 17.3 Å². The highest BCUT2D eigenvalue weighted by Crippen LogP contribution is 2.33. The van der Waals surface area contributed by atoms with Crippen molar-refractivity contribution in [3.8, 4) is 0 Å². The van der Waals surface area contributed by atoms with Crippen molar-refractivity contribution in [2.24, 2.45) is 0 Å². The quantitative estimate of drug-likeness (QED) is 0.545. The summed E-state index contributed by atoms with van der Waals surface area (Å²) < 4.78 is 10.7. The first-order valence-electron chi connectivity index (χ1n) is 9.60. The predicted octanol–water partition coefficient (Wildman–Crippen LogP) is 2.94. The number of rotatable bonds is 3. The van der Waals surface area contributed by atoms with Crippen molar-refractivity contribution < 1.29 is 19.1 Å². The lowest BCUT2D eigenvalue weighted by Gasteiger charge is -2.37. The van der Waals surface area contributed by atoms with Gasteiger partial charge in [-0.1, -0.05) is 0 Å². The Morgan fingerprint density at radius 1 is 1.11 bits per heavy atom. The Hall–Kier alpha value is -2.03. The molecule has 1 unspecified atom stereocenters. The van der Waals surface area contributed by atoms with E-state index in [1.54, 1.807) is 4.90 Å². The summed E-state index contributed by atoms with van der Waals surface area (Å²) in [7, 11) is 0. The number of ether oxygens (including phenoxy) is 2. The number of hydrogen-bond donors (Lipinski definition) is 2. The lowest BCUT2D eigenvalue weighted by molar-refractivity contribution is 0.0295. The number of amides is 2. The van der Waals surface area contributed by atoms with Gasteiger partial charge in [-0.3, -0.25) is 4.90 Å². The van der Waals surface area contributed by atoms with Gasteiger partial charge in [0, 0.05) is 31.5 Å². The molecule has 1 fully saturated rings. The molecule has 1 atom stereocenters. The van der Waals surface area contributed by atoms with E-state index in [-0.39, 0.29) is 12.1 Å². The van der Waals surface area contributed by atoms with Crippen LogP contribution in [0.3, 0.4) is 0 Å². The first kappa shape index (κ1) is 22.3. The van der Waals surface area contributed by atoms with Gasteiger partial charge in [-0.05, 0) is 66.6 Å². The van der Waals surface area contributed by atoms with E-state index in [1.165, 1.54) is 0 Å². The lowest BCUT2D eigenvalue weighted by atomic mass is 10.2. The fraction of sp³-hybridized carbons (Fsp3) is 0.737. The van der Waals surface area contributed by atoms with Gasteiger partial charge in [-0.15, -0.1) is 0 Å². The van der Waals surface area contributed by atoms with Gasteiger partial charge in [-0.25, -0.2) is 9.59 Å². The molecular formula is C19H32N4O4S. The number of carbonyl (C=O) groups excluding carboxylic acids is 2. The number of fused-ring (bicyclic) bond motifs is 2. The minimum Gasteiger partial charge on any atom is -0.444 e. The summed E-state index contributed by atoms with van der Waals surface area (Å²) >= 11 is 5.52. The Labute approximate surface area is 172 Å². The molecule has 2 aliphatic heterocycles. The van der Waals surface area contributed by atoms with Crippen molar-refractivity contribution in [2.45, 2.75) is 71.6 Å². The number of alkyl carbamates (subject to hydrolysis) is 1. The van der Waals surface area contributed by atoms with Crippen LogP contribution in [-0.4, -0.2) is 64.0 Å². The minimum absolute atomic E-state index is 0.131. The molecule has 0 aromatic carbocycles. The van der Waals surface area contributed by atoms with Crippen LogP contribution in [0.1, 0.15) is 54.4 Å². The van der Waals surface area contributed by atoms with E-state index in [0.717, 1.165) is 18.5 Å². The molecule has 2 heterocycles. The van der Waals surface area contributed by atoms with Gasteiger partial charge < -0.3 is 25.0 Å². The Kier molecular flexibility index (Phi) is 6.80. The van der Waals surface area contributed by atoms with Crippen molar-refractivity contribution in [2.75, 3.05) is 19.6 Å². The molecule has 0 aromatic heterocycles. The molecule has 8 nitrogen and oxygen atoms in total. The van der Waals surface area contributed by atoms with Gasteiger partial charge in [0.05, 0.1) is 6.04 Å². The smallest absolute Gasteiger partial charge is 0.414 e. The fourth-order valence-corrected chi connectivity index (χ4v) is 3.40. The summed E-state index contributed by atoms with van der Waals surface area (Å²) in [5.74, 6) is 0. The van der Waals surface area contributed by atoms with Gasteiger partial charge in [0.2, 0.25) is 0 Å². The van der Waals surface area contributed by atoms with Crippen LogP contribution in [-0.2, 0) is 9.47 Å². The fourth-order valence-electron chi connectivity index (χ4n) is 3.04. The summed E-state index contributed by atoms with van der Waals surface area (Å²) in [5, 5.41) is 6.46. The Balaban J connectivity index is 1.83. The highest BCUT2D eigenvalue weighted by molar-refractivity contribution is 7.80. The highest BCUT2D eigenvalue weighted by atomic mass is 32.1. The number of nitrogens with one attached hydrogen (secondary N) is 2. The molecular weight excluding hydrogens is 380 g/mol. The second-order valence-electron chi connectivity index (χ2n) is 8.98. The van der Waals surface area contributed by atoms with Crippen molar-refractivity contribution in [1.29, 1.82) is 0 Å². The second kappa shape index (κ2) is 8.55. The van der Waals surface area contributed by atoms with E-state index in [2.05, 4.69) is 15.5 Å². The van der Waals surface area contributed by atoms with Gasteiger partial charge in [0.25, 0.3) is 0 Å². The molecule has 2 rings (SSSR count). The SMILES string of the molecule is CC(C)(C)OC(=O)NCCNC(=S)N1C2=CN(C(=O)OC(C)(C)C)CC1CC2. The lowest BCUT2D eigenvalue weighted by Crippen LogP contribution is -2.51. The zero-order chi connectivity index (χ0) is 21.1. The van der Waals surface area contributed by atoms with Crippen molar-refractivity contribution in [1.82, 2.24) is 20.4 Å². The largest absolute Gasteiger partial charge is 0.444 e. The summed E-state index contributed by atoms with van der Waals surface area (Å²) in [4.78, 5) is 27.7. The van der Waals surface area contributed by atoms with Gasteiger partial charge in [0.1, 0.15) is 11.2 Å². The Morgan fingerprint density at radius 3 is 2.29 bits per heavy atom. The first-order valence-corrected chi connectivity index (χ1v) is 10.0. The molecule has 0 radical (unpaired) electrons. The molecule has 1 saturated heterocycles. The molecule has 158 valence electrons. The summed E-state index contributed by atoms with van der Waals surface area (Å²) in [6, 6.07) is 0.131. The molecule has 0 spiro atoms. The zero-order valence-corrected chi connectivity index (χ0v) is 18.4. The van der Waals surface area contributed by atoms with E-state index in [9.17, 15) is 9.59 Å². The molecule has 0 saturated carbocycles. The van der Waals surface area contributed by atoms with E-state index >= 15 is 0 Å². The minimum atomic E-state index is -0.524. The third-order valence-electron chi connectivity index (χ3n) is 4.04. The average molecular weight is 413 g/mol. The standard InChI is InChI=1S/C19H32N4O4S/c1-18(2,3)26-16(24)21-10-9-20-15(28)23-13-7-8-14(23)12-22(11-13)17(25)27-19(4,5)6/h11,14H,7-10,12H2,1-6H3,(H,20,28)(H,21,24). The van der Waals surface area contributed by atoms with Crippen LogP contribution >= 0.6 is 12.2 Å². The number of allylic oxidation sites excluding steroid dienone is 1. The van der Waals surface area contributed by atoms with Crippen molar-refractivity contribution in [3.05, 3.63) is 11.9 Å². The van der Waals surface area contributed by atoms with Crippen LogP contribution in [0.15, 0.2) is 11.9 Å². The monoisotopic (exact) mass is 412 g/mol. The Bertz CT molecular complexity index is 651. The Morgan fingerprint density at radius 2 is 1.71 bits per heavy atom. The highest BCUT2D eigenvalue weighted by Gasteiger charge is 2.38. The number of thiocarbonyl (C=S) groups is 1. The summed E-state index contributed by atoms with van der Waals surface area (Å²) in [5.41, 5.74) is -0.0458. The van der Waals surface area contributed by atoms with E-state index in [1.807, 2.05) is 47.7 Å². The maximum atomic E-state index is 12.3. The molecule has 0 aromatic rings. The topological polar surface area (TPSA) is 83.1 Å². The molecule has 28 heavy (non-hydrogen) atoms. The van der Waals surface area contributed by atoms with Crippen LogP contribution in [0, 0.1) is 0 Å². The maximum Gasteiger partial charge on any atom is 0.414 e. The average Bonchev–Trinajstić information content (AvgIpc) is 2.78. The summed E-state index contributed by atoms with van der Waals surface area (Å²) in [6.07, 6.45) is 2.83. The first-order chi connectivity index (χ1) is 12.9. The molecule has 0 aliphatic carbocycles. The van der Waals surface area contributed by atoms with Crippen LogP contribution in [0.2, 0.25) is 0 Å². The molecule has 2 bridgehead atoms.